The highest BCUT2D eigenvalue weighted by atomic mass is 16.6. The Balaban J connectivity index is 1.38. The van der Waals surface area contributed by atoms with Crippen LogP contribution in [-0.4, -0.2) is 32.1 Å². The first-order valence-electron chi connectivity index (χ1n) is 12.8. The predicted molar refractivity (Wildman–Crippen MR) is 145 cm³/mol. The van der Waals surface area contributed by atoms with Crippen molar-refractivity contribution in [1.82, 2.24) is 5.32 Å². The number of benzene rings is 3. The Hall–Kier alpha value is -4.32. The number of hydrogen-bond donors (Lipinski definition) is 1. The summed E-state index contributed by atoms with van der Waals surface area (Å²) in [4.78, 5) is 27.1. The lowest BCUT2D eigenvalue weighted by Crippen LogP contribution is -2.36. The van der Waals surface area contributed by atoms with Gasteiger partial charge in [-0.15, -0.1) is 0 Å². The zero-order valence-electron chi connectivity index (χ0n) is 21.6. The number of Topliss-reactive ketones (excluding diaryl/α,β-unsaturated/α-hetero) is 1. The first-order valence-corrected chi connectivity index (χ1v) is 12.8. The summed E-state index contributed by atoms with van der Waals surface area (Å²) in [6, 6.07) is 27.0. The molecule has 3 aromatic rings. The maximum atomic E-state index is 13.7. The quantitative estimate of drug-likeness (QED) is 0.311. The van der Waals surface area contributed by atoms with Crippen molar-refractivity contribution >= 4 is 11.8 Å². The molecule has 1 aliphatic carbocycles. The summed E-state index contributed by atoms with van der Waals surface area (Å²) >= 11 is 0. The average Bonchev–Trinajstić information content (AvgIpc) is 2.95. The molecule has 2 atom stereocenters. The molecule has 0 aromatic heterocycles. The van der Waals surface area contributed by atoms with Crippen LogP contribution < -0.4 is 14.8 Å². The molecule has 2 unspecified atom stereocenters. The fourth-order valence-electron chi connectivity index (χ4n) is 5.29. The third-order valence-corrected chi connectivity index (χ3v) is 7.10. The summed E-state index contributed by atoms with van der Waals surface area (Å²) in [5.41, 5.74) is 4.68. The molecule has 194 valence electrons. The van der Waals surface area contributed by atoms with E-state index in [0.29, 0.717) is 29.7 Å². The van der Waals surface area contributed by atoms with E-state index in [2.05, 4.69) is 5.32 Å². The highest BCUT2D eigenvalue weighted by molar-refractivity contribution is 6.04. The monoisotopic (exact) mass is 509 g/mol. The van der Waals surface area contributed by atoms with Crippen molar-refractivity contribution in [1.29, 1.82) is 0 Å². The van der Waals surface area contributed by atoms with Crippen LogP contribution in [0.2, 0.25) is 0 Å². The third-order valence-electron chi connectivity index (χ3n) is 7.10. The Morgan fingerprint density at radius 2 is 1.53 bits per heavy atom. The van der Waals surface area contributed by atoms with Crippen molar-refractivity contribution in [3.8, 4) is 11.5 Å². The largest absolute Gasteiger partial charge is 0.497 e. The highest BCUT2D eigenvalue weighted by Crippen LogP contribution is 2.45. The number of methoxy groups -OCH3 is 1. The van der Waals surface area contributed by atoms with Gasteiger partial charge in [0.1, 0.15) is 24.7 Å². The Kier molecular flexibility index (Phi) is 7.59. The molecule has 0 radical (unpaired) electrons. The first kappa shape index (κ1) is 25.3. The van der Waals surface area contributed by atoms with E-state index in [0.717, 1.165) is 28.3 Å². The van der Waals surface area contributed by atoms with Gasteiger partial charge in [-0.3, -0.25) is 4.79 Å². The van der Waals surface area contributed by atoms with E-state index in [-0.39, 0.29) is 24.9 Å². The molecular weight excluding hydrogens is 478 g/mol. The van der Waals surface area contributed by atoms with Crippen LogP contribution in [0, 0.1) is 0 Å². The molecule has 6 nitrogen and oxygen atoms in total. The lowest BCUT2D eigenvalue weighted by Gasteiger charge is -2.36. The minimum Gasteiger partial charge on any atom is -0.497 e. The van der Waals surface area contributed by atoms with E-state index in [9.17, 15) is 9.59 Å². The van der Waals surface area contributed by atoms with Crippen LogP contribution in [0.5, 0.6) is 11.5 Å². The molecule has 1 N–H and O–H groups in total. The summed E-state index contributed by atoms with van der Waals surface area (Å²) in [5.74, 6) is 0.656. The molecular formula is C32H31NO5. The topological polar surface area (TPSA) is 73.9 Å². The third kappa shape index (κ3) is 5.35. The molecule has 0 bridgehead atoms. The van der Waals surface area contributed by atoms with Gasteiger partial charge in [0.25, 0.3) is 0 Å². The van der Waals surface area contributed by atoms with Crippen molar-refractivity contribution in [2.45, 2.75) is 31.6 Å². The Bertz CT molecular complexity index is 1360. The second-order valence-corrected chi connectivity index (χ2v) is 9.50. The van der Waals surface area contributed by atoms with Gasteiger partial charge < -0.3 is 19.5 Å². The molecule has 0 saturated heterocycles. The van der Waals surface area contributed by atoms with Gasteiger partial charge in [0.2, 0.25) is 0 Å². The number of dihydropyridines is 1. The van der Waals surface area contributed by atoms with Crippen LogP contribution in [0.15, 0.2) is 107 Å². The molecule has 1 aliphatic heterocycles. The van der Waals surface area contributed by atoms with E-state index in [1.54, 1.807) is 7.11 Å². The van der Waals surface area contributed by atoms with E-state index >= 15 is 0 Å². The average molecular weight is 510 g/mol. The maximum Gasteiger partial charge on any atom is 0.336 e. The summed E-state index contributed by atoms with van der Waals surface area (Å²) < 4.78 is 16.6. The molecule has 0 fully saturated rings. The SMILES string of the molecule is COc1ccc(C2CC(=O)C3=C(C2)NC(C)=C(C(=O)OCCOc2ccccc2)C3c2ccccc2)cc1. The maximum absolute atomic E-state index is 13.7. The van der Waals surface area contributed by atoms with Crippen molar-refractivity contribution < 1.29 is 23.8 Å². The smallest absolute Gasteiger partial charge is 0.336 e. The van der Waals surface area contributed by atoms with Crippen LogP contribution in [0.1, 0.15) is 42.7 Å². The Morgan fingerprint density at radius 3 is 2.21 bits per heavy atom. The van der Waals surface area contributed by atoms with Crippen molar-refractivity contribution in [3.05, 3.63) is 119 Å². The number of para-hydroxylation sites is 1. The number of carbonyl (C=O) groups excluding carboxylic acids is 2. The van der Waals surface area contributed by atoms with Gasteiger partial charge in [0, 0.05) is 29.3 Å². The molecule has 6 heteroatoms. The van der Waals surface area contributed by atoms with Crippen LogP contribution >= 0.6 is 0 Å². The van der Waals surface area contributed by atoms with E-state index in [1.165, 1.54) is 0 Å². The van der Waals surface area contributed by atoms with Crippen molar-refractivity contribution in [2.24, 2.45) is 0 Å². The van der Waals surface area contributed by atoms with Crippen LogP contribution in [0.3, 0.4) is 0 Å². The highest BCUT2D eigenvalue weighted by Gasteiger charge is 2.41. The van der Waals surface area contributed by atoms with Gasteiger partial charge >= 0.3 is 5.97 Å². The number of ether oxygens (including phenoxy) is 3. The van der Waals surface area contributed by atoms with Crippen LogP contribution in [0.25, 0.3) is 0 Å². The summed E-state index contributed by atoms with van der Waals surface area (Å²) in [7, 11) is 1.64. The second kappa shape index (κ2) is 11.4. The standard InChI is InChI=1S/C32H31NO5/c1-21-29(32(35)38-18-17-37-26-11-7-4-8-12-26)30(23-9-5-3-6-10-23)31-27(33-21)19-24(20-28(31)34)22-13-15-25(36-2)16-14-22/h3-16,24,30,33H,17-20H2,1-2H3. The zero-order chi connectivity index (χ0) is 26.5. The van der Waals surface area contributed by atoms with Gasteiger partial charge in [-0.25, -0.2) is 4.79 Å². The van der Waals surface area contributed by atoms with Gasteiger partial charge in [-0.2, -0.15) is 0 Å². The summed E-state index contributed by atoms with van der Waals surface area (Å²) in [5, 5.41) is 3.40. The van der Waals surface area contributed by atoms with Crippen molar-refractivity contribution in [2.75, 3.05) is 20.3 Å². The van der Waals surface area contributed by atoms with Gasteiger partial charge in [-0.05, 0) is 54.7 Å². The first-order chi connectivity index (χ1) is 18.5. The number of allylic oxidation sites excluding steroid dienone is 3. The minimum atomic E-state index is -0.487. The van der Waals surface area contributed by atoms with E-state index < -0.39 is 11.9 Å². The number of rotatable bonds is 8. The molecule has 0 saturated carbocycles. The Labute approximate surface area is 222 Å². The van der Waals surface area contributed by atoms with Crippen LogP contribution in [-0.2, 0) is 14.3 Å². The molecule has 0 amide bonds. The number of hydrogen-bond acceptors (Lipinski definition) is 6. The number of nitrogens with one attached hydrogen (secondary N) is 1. The van der Waals surface area contributed by atoms with E-state index in [1.807, 2.05) is 91.9 Å². The number of carbonyl (C=O) groups is 2. The summed E-state index contributed by atoms with van der Waals surface area (Å²) in [6.07, 6.45) is 1.06. The molecule has 2 aliphatic rings. The molecule has 1 heterocycles. The second-order valence-electron chi connectivity index (χ2n) is 9.50. The van der Waals surface area contributed by atoms with Gasteiger partial charge in [0.05, 0.1) is 12.7 Å². The van der Waals surface area contributed by atoms with E-state index in [4.69, 9.17) is 14.2 Å². The fraction of sp³-hybridized carbons (Fsp3) is 0.250. The molecule has 5 rings (SSSR count). The van der Waals surface area contributed by atoms with Crippen LogP contribution in [0.4, 0.5) is 0 Å². The number of ketones is 1. The minimum absolute atomic E-state index is 0.0404. The van der Waals surface area contributed by atoms with Crippen molar-refractivity contribution in [3.63, 3.8) is 0 Å². The lowest BCUT2D eigenvalue weighted by atomic mass is 9.72. The zero-order valence-corrected chi connectivity index (χ0v) is 21.6. The normalized spacial score (nSPS) is 18.9. The molecule has 38 heavy (non-hydrogen) atoms. The molecule has 3 aromatic carbocycles. The predicted octanol–water partition coefficient (Wildman–Crippen LogP) is 5.68. The fourth-order valence-corrected chi connectivity index (χ4v) is 5.29. The summed E-state index contributed by atoms with van der Waals surface area (Å²) in [6.45, 7) is 2.21. The molecule has 0 spiro atoms. The van der Waals surface area contributed by atoms with Gasteiger partial charge in [0.15, 0.2) is 5.78 Å². The Morgan fingerprint density at radius 1 is 0.842 bits per heavy atom. The number of esters is 1. The van der Waals surface area contributed by atoms with Gasteiger partial charge in [-0.1, -0.05) is 60.7 Å². The lowest BCUT2D eigenvalue weighted by molar-refractivity contribution is -0.140.